The Morgan fingerprint density at radius 1 is 1.23 bits per heavy atom. The van der Waals surface area contributed by atoms with Crippen LogP contribution in [0.15, 0.2) is 42.6 Å². The molecule has 0 N–H and O–H groups in total. The standard InChI is InChI=1S/C23H23ClN4O2/c1-27-14-22(25-26-27)16-6-4-15(5-7-16)9-17-10-20-18(11-21(17)24)12-28(23(20)29)13-19-3-2-8-30-19/h4-7,10-11,14,19H,2-3,8-9,12-13H2,1H3. The zero-order valence-electron chi connectivity index (χ0n) is 16.8. The summed E-state index contributed by atoms with van der Waals surface area (Å²) >= 11 is 6.58. The van der Waals surface area contributed by atoms with Crippen molar-refractivity contribution in [3.8, 4) is 11.3 Å². The summed E-state index contributed by atoms with van der Waals surface area (Å²) < 4.78 is 7.39. The number of hydrogen-bond acceptors (Lipinski definition) is 4. The summed E-state index contributed by atoms with van der Waals surface area (Å²) in [5.74, 6) is 0.0800. The number of aromatic nitrogens is 3. The van der Waals surface area contributed by atoms with E-state index in [9.17, 15) is 4.79 Å². The third-order valence-electron chi connectivity index (χ3n) is 5.85. The molecule has 1 fully saturated rings. The Morgan fingerprint density at radius 2 is 2.07 bits per heavy atom. The largest absolute Gasteiger partial charge is 0.376 e. The highest BCUT2D eigenvalue weighted by atomic mass is 35.5. The van der Waals surface area contributed by atoms with Crippen molar-refractivity contribution >= 4 is 17.5 Å². The third-order valence-corrected chi connectivity index (χ3v) is 6.20. The van der Waals surface area contributed by atoms with Crippen LogP contribution < -0.4 is 0 Å². The van der Waals surface area contributed by atoms with Crippen molar-refractivity contribution in [2.45, 2.75) is 31.9 Å². The zero-order valence-corrected chi connectivity index (χ0v) is 17.6. The van der Waals surface area contributed by atoms with Crippen LogP contribution in [-0.2, 0) is 24.8 Å². The molecule has 7 heteroatoms. The first-order valence-corrected chi connectivity index (χ1v) is 10.6. The van der Waals surface area contributed by atoms with E-state index in [4.69, 9.17) is 16.3 Å². The number of carbonyl (C=O) groups is 1. The number of hydrogen-bond donors (Lipinski definition) is 0. The maximum atomic E-state index is 12.9. The molecule has 0 aliphatic carbocycles. The monoisotopic (exact) mass is 422 g/mol. The molecule has 154 valence electrons. The van der Waals surface area contributed by atoms with Gasteiger partial charge >= 0.3 is 0 Å². The van der Waals surface area contributed by atoms with Gasteiger partial charge in [0.1, 0.15) is 5.69 Å². The molecule has 2 aliphatic heterocycles. The predicted octanol–water partition coefficient (Wildman–Crippen LogP) is 3.86. The van der Waals surface area contributed by atoms with Crippen molar-refractivity contribution in [3.05, 3.63) is 69.9 Å². The molecule has 3 heterocycles. The maximum absolute atomic E-state index is 12.9. The van der Waals surface area contributed by atoms with Gasteiger partial charge in [-0.3, -0.25) is 9.48 Å². The minimum atomic E-state index is 0.0800. The summed E-state index contributed by atoms with van der Waals surface area (Å²) in [7, 11) is 1.85. The second-order valence-corrected chi connectivity index (χ2v) is 8.48. The van der Waals surface area contributed by atoms with Crippen LogP contribution in [0.25, 0.3) is 11.3 Å². The molecule has 1 saturated heterocycles. The van der Waals surface area contributed by atoms with Crippen LogP contribution >= 0.6 is 11.6 Å². The van der Waals surface area contributed by atoms with E-state index in [1.165, 1.54) is 0 Å². The topological polar surface area (TPSA) is 60.2 Å². The molecule has 6 nitrogen and oxygen atoms in total. The molecule has 0 radical (unpaired) electrons. The second kappa shape index (κ2) is 7.85. The summed E-state index contributed by atoms with van der Waals surface area (Å²) in [6.45, 7) is 2.07. The molecule has 1 amide bonds. The lowest BCUT2D eigenvalue weighted by molar-refractivity contribution is 0.0545. The highest BCUT2D eigenvalue weighted by molar-refractivity contribution is 6.31. The Hall–Kier alpha value is -2.70. The first-order chi connectivity index (χ1) is 14.6. The number of ether oxygens (including phenoxy) is 1. The normalized spacial score (nSPS) is 18.3. The molecule has 1 atom stereocenters. The van der Waals surface area contributed by atoms with Crippen LogP contribution in [0.2, 0.25) is 5.02 Å². The van der Waals surface area contributed by atoms with E-state index in [2.05, 4.69) is 22.4 Å². The number of aryl methyl sites for hydroxylation is 1. The van der Waals surface area contributed by atoms with Crippen LogP contribution in [0.5, 0.6) is 0 Å². The van der Waals surface area contributed by atoms with Crippen molar-refractivity contribution in [2.75, 3.05) is 13.2 Å². The van der Waals surface area contributed by atoms with Crippen LogP contribution in [0.1, 0.15) is 39.9 Å². The van der Waals surface area contributed by atoms with Crippen molar-refractivity contribution in [1.82, 2.24) is 19.9 Å². The Balaban J connectivity index is 1.33. The van der Waals surface area contributed by atoms with E-state index >= 15 is 0 Å². The second-order valence-electron chi connectivity index (χ2n) is 8.07. The highest BCUT2D eigenvalue weighted by Crippen LogP contribution is 2.31. The number of halogens is 1. The maximum Gasteiger partial charge on any atom is 0.254 e. The molecule has 2 aliphatic rings. The SMILES string of the molecule is Cn1cc(-c2ccc(Cc3cc4c(cc3Cl)CN(CC3CCCO3)C4=O)cc2)nn1. The molecule has 1 aromatic heterocycles. The molecular weight excluding hydrogens is 400 g/mol. The average molecular weight is 423 g/mol. The molecule has 3 aromatic rings. The van der Waals surface area contributed by atoms with Gasteiger partial charge in [0, 0.05) is 42.9 Å². The van der Waals surface area contributed by atoms with Crippen LogP contribution in [0.3, 0.4) is 0 Å². The summed E-state index contributed by atoms with van der Waals surface area (Å²) in [6.07, 6.45) is 4.82. The van der Waals surface area contributed by atoms with Crippen LogP contribution in [0.4, 0.5) is 0 Å². The quantitative estimate of drug-likeness (QED) is 0.626. The van der Waals surface area contributed by atoms with Gasteiger partial charge in [0.2, 0.25) is 0 Å². The molecular formula is C23H23ClN4O2. The van der Waals surface area contributed by atoms with Gasteiger partial charge in [0.05, 0.1) is 12.3 Å². The van der Waals surface area contributed by atoms with Crippen LogP contribution in [0, 0.1) is 0 Å². The Morgan fingerprint density at radius 3 is 2.77 bits per heavy atom. The molecule has 5 rings (SSSR count). The van der Waals surface area contributed by atoms with E-state index < -0.39 is 0 Å². The summed E-state index contributed by atoms with van der Waals surface area (Å²) in [5.41, 5.74) is 5.73. The van der Waals surface area contributed by atoms with Gasteiger partial charge < -0.3 is 9.64 Å². The Labute approximate surface area is 180 Å². The highest BCUT2D eigenvalue weighted by Gasteiger charge is 2.31. The number of rotatable bonds is 5. The number of fused-ring (bicyclic) bond motifs is 1. The molecule has 0 bridgehead atoms. The first-order valence-electron chi connectivity index (χ1n) is 10.2. The summed E-state index contributed by atoms with van der Waals surface area (Å²) in [5, 5.41) is 8.83. The average Bonchev–Trinajstić information content (AvgIpc) is 3.46. The predicted molar refractivity (Wildman–Crippen MR) is 114 cm³/mol. The van der Waals surface area contributed by atoms with Crippen molar-refractivity contribution in [1.29, 1.82) is 0 Å². The molecule has 2 aromatic carbocycles. The lowest BCUT2D eigenvalue weighted by Gasteiger charge is -2.19. The summed E-state index contributed by atoms with van der Waals surface area (Å²) in [6, 6.07) is 12.1. The van der Waals surface area contributed by atoms with Gasteiger partial charge in [-0.05, 0) is 48.1 Å². The van der Waals surface area contributed by atoms with Gasteiger partial charge in [-0.1, -0.05) is 41.1 Å². The third kappa shape index (κ3) is 3.73. The lowest BCUT2D eigenvalue weighted by Crippen LogP contribution is -2.32. The van der Waals surface area contributed by atoms with E-state index in [1.54, 1.807) is 4.68 Å². The molecule has 30 heavy (non-hydrogen) atoms. The lowest BCUT2D eigenvalue weighted by atomic mass is 9.99. The van der Waals surface area contributed by atoms with Crippen molar-refractivity contribution in [3.63, 3.8) is 0 Å². The smallest absolute Gasteiger partial charge is 0.254 e. The minimum Gasteiger partial charge on any atom is -0.376 e. The number of nitrogens with zero attached hydrogens (tertiary/aromatic N) is 4. The first kappa shape index (κ1) is 19.3. The van der Waals surface area contributed by atoms with Crippen molar-refractivity contribution < 1.29 is 9.53 Å². The summed E-state index contributed by atoms with van der Waals surface area (Å²) in [4.78, 5) is 14.8. The van der Waals surface area contributed by atoms with Gasteiger partial charge in [-0.15, -0.1) is 5.10 Å². The van der Waals surface area contributed by atoms with E-state index in [0.717, 1.165) is 53.0 Å². The number of carbonyl (C=O) groups excluding carboxylic acids is 1. The Bertz CT molecular complexity index is 1090. The fraction of sp³-hybridized carbons (Fsp3) is 0.348. The molecule has 1 unspecified atom stereocenters. The van der Waals surface area contributed by atoms with Gasteiger partial charge in [-0.2, -0.15) is 0 Å². The van der Waals surface area contributed by atoms with E-state index in [-0.39, 0.29) is 12.0 Å². The minimum absolute atomic E-state index is 0.0800. The van der Waals surface area contributed by atoms with Crippen LogP contribution in [-0.4, -0.2) is 45.1 Å². The van der Waals surface area contributed by atoms with Gasteiger partial charge in [0.25, 0.3) is 5.91 Å². The van der Waals surface area contributed by atoms with E-state index in [0.29, 0.717) is 24.5 Å². The van der Waals surface area contributed by atoms with Crippen molar-refractivity contribution in [2.24, 2.45) is 7.05 Å². The zero-order chi connectivity index (χ0) is 20.7. The van der Waals surface area contributed by atoms with E-state index in [1.807, 2.05) is 42.4 Å². The Kier molecular flexibility index (Phi) is 5.05. The number of amides is 1. The molecule has 0 saturated carbocycles. The molecule has 0 spiro atoms. The van der Waals surface area contributed by atoms with Gasteiger partial charge in [0.15, 0.2) is 0 Å². The number of benzene rings is 2. The van der Waals surface area contributed by atoms with Gasteiger partial charge in [-0.25, -0.2) is 0 Å². The fourth-order valence-corrected chi connectivity index (χ4v) is 4.50. The fourth-order valence-electron chi connectivity index (χ4n) is 4.25.